The Kier molecular flexibility index (Phi) is 6.55. The first kappa shape index (κ1) is 24.8. The minimum Gasteiger partial charge on any atom is -0.465 e. The standard InChI is InChI=1S/C23H25BrFIN4O2S/c1-22(2,3)23-9-12(10-30(23)21(31)32)19(23)28-18-13-8-11(6-5-7-27)14(24)15(25)17(13)29-20(33-4)16(18)26/h8,12,19H,5-6,9-10H2,1-4H3,(H,28,29)(H,31,32)/t12-,19?,23+/m1/s1. The van der Waals surface area contributed by atoms with Gasteiger partial charge < -0.3 is 10.4 Å². The molecular weight excluding hydrogens is 622 g/mol. The smallest absolute Gasteiger partial charge is 0.407 e. The van der Waals surface area contributed by atoms with Crippen LogP contribution in [0, 0.1) is 32.1 Å². The van der Waals surface area contributed by atoms with Gasteiger partial charge in [-0.1, -0.05) is 20.8 Å². The minimum atomic E-state index is -0.899. The molecule has 2 aromatic rings. The van der Waals surface area contributed by atoms with Crippen LogP contribution in [0.5, 0.6) is 0 Å². The third kappa shape index (κ3) is 3.69. The summed E-state index contributed by atoms with van der Waals surface area (Å²) in [5, 5.41) is 24.0. The fourth-order valence-electron chi connectivity index (χ4n) is 5.53. The lowest BCUT2D eigenvalue weighted by Gasteiger charge is -2.57. The molecule has 176 valence electrons. The molecule has 1 aliphatic carbocycles. The average Bonchev–Trinajstić information content (AvgIpc) is 3.31. The molecule has 1 saturated carbocycles. The average molecular weight is 647 g/mol. The Balaban J connectivity index is 1.89. The molecule has 6 nitrogen and oxygen atoms in total. The highest BCUT2D eigenvalue weighted by Crippen LogP contribution is 2.60. The van der Waals surface area contributed by atoms with E-state index in [-0.39, 0.29) is 29.3 Å². The first-order valence-corrected chi connectivity index (χ1v) is 13.8. The van der Waals surface area contributed by atoms with Crippen molar-refractivity contribution in [3.05, 3.63) is 25.5 Å². The summed E-state index contributed by atoms with van der Waals surface area (Å²) in [5.74, 6) is -0.250. The molecule has 10 heteroatoms. The van der Waals surface area contributed by atoms with Crippen LogP contribution in [0.3, 0.4) is 0 Å². The second-order valence-electron chi connectivity index (χ2n) is 9.68. The molecule has 1 unspecified atom stereocenters. The number of rotatable bonds is 5. The summed E-state index contributed by atoms with van der Waals surface area (Å²) in [4.78, 5) is 18.3. The Morgan fingerprint density at radius 2 is 2.24 bits per heavy atom. The molecule has 2 bridgehead atoms. The molecule has 1 amide bonds. The topological polar surface area (TPSA) is 89.3 Å². The second kappa shape index (κ2) is 8.72. The Bertz CT molecular complexity index is 1200. The Hall–Kier alpha value is -1.32. The number of carbonyl (C=O) groups is 1. The summed E-state index contributed by atoms with van der Waals surface area (Å²) in [6.45, 7) is 6.74. The highest BCUT2D eigenvalue weighted by Gasteiger charge is 2.70. The third-order valence-corrected chi connectivity index (χ3v) is 10.1. The van der Waals surface area contributed by atoms with E-state index in [1.54, 1.807) is 4.90 Å². The number of aromatic nitrogens is 1. The summed E-state index contributed by atoms with van der Waals surface area (Å²) in [6.07, 6.45) is 2.53. The van der Waals surface area contributed by atoms with Crippen molar-refractivity contribution in [1.29, 1.82) is 5.26 Å². The lowest BCUT2D eigenvalue weighted by Crippen LogP contribution is -2.68. The van der Waals surface area contributed by atoms with Gasteiger partial charge in [-0.15, -0.1) is 11.8 Å². The monoisotopic (exact) mass is 646 g/mol. The highest BCUT2D eigenvalue weighted by molar-refractivity contribution is 14.1. The molecule has 0 spiro atoms. The zero-order chi connectivity index (χ0) is 24.3. The summed E-state index contributed by atoms with van der Waals surface area (Å²) >= 11 is 7.05. The zero-order valence-corrected chi connectivity index (χ0v) is 23.4. The molecule has 1 aromatic heterocycles. The fraction of sp³-hybridized carbons (Fsp3) is 0.522. The zero-order valence-electron chi connectivity index (χ0n) is 18.8. The quantitative estimate of drug-likeness (QED) is 0.285. The molecule has 2 saturated heterocycles. The minimum absolute atomic E-state index is 0.0864. The van der Waals surface area contributed by atoms with Crippen molar-refractivity contribution >= 4 is 73.0 Å². The predicted octanol–water partition coefficient (Wildman–Crippen LogP) is 6.50. The number of nitrogens with one attached hydrogen (secondary N) is 1. The van der Waals surface area contributed by atoms with Gasteiger partial charge in [0.2, 0.25) is 0 Å². The van der Waals surface area contributed by atoms with E-state index in [1.165, 1.54) is 11.8 Å². The largest absolute Gasteiger partial charge is 0.465 e. The maximum Gasteiger partial charge on any atom is 0.407 e. The van der Waals surface area contributed by atoms with Crippen molar-refractivity contribution in [3.8, 4) is 6.07 Å². The van der Waals surface area contributed by atoms with Gasteiger partial charge in [0.1, 0.15) is 10.5 Å². The number of halogens is 3. The van der Waals surface area contributed by atoms with E-state index in [0.717, 1.165) is 15.7 Å². The van der Waals surface area contributed by atoms with E-state index in [9.17, 15) is 9.90 Å². The van der Waals surface area contributed by atoms with E-state index in [4.69, 9.17) is 5.26 Å². The van der Waals surface area contributed by atoms with Crippen LogP contribution < -0.4 is 5.32 Å². The SMILES string of the molecule is CSc1nc2c(F)c(Br)c(CCC#N)cc2c(NC2[C@H]3CN(C(=O)O)[C@@]2(C(C)(C)C)C3)c1I. The number of nitrogens with zero attached hydrogens (tertiary/aromatic N) is 3. The summed E-state index contributed by atoms with van der Waals surface area (Å²) < 4.78 is 16.7. The number of anilines is 1. The number of benzene rings is 1. The van der Waals surface area contributed by atoms with Gasteiger partial charge in [-0.05, 0) is 74.7 Å². The predicted molar refractivity (Wildman–Crippen MR) is 140 cm³/mol. The molecule has 2 aliphatic heterocycles. The number of fused-ring (bicyclic) bond motifs is 2. The highest BCUT2D eigenvalue weighted by atomic mass is 127. The maximum atomic E-state index is 15.4. The van der Waals surface area contributed by atoms with Crippen molar-refractivity contribution < 1.29 is 14.3 Å². The normalized spacial score (nSPS) is 24.0. The lowest BCUT2D eigenvalue weighted by molar-refractivity contribution is -0.00830. The van der Waals surface area contributed by atoms with Gasteiger partial charge >= 0.3 is 6.09 Å². The number of carboxylic acid groups (broad SMARTS) is 1. The van der Waals surface area contributed by atoms with Gasteiger partial charge in [-0.3, -0.25) is 4.90 Å². The number of hydrogen-bond acceptors (Lipinski definition) is 5. The summed E-state index contributed by atoms with van der Waals surface area (Å²) in [5.41, 5.74) is 0.943. The third-order valence-electron chi connectivity index (χ3n) is 7.13. The number of aryl methyl sites for hydroxylation is 1. The van der Waals surface area contributed by atoms with Gasteiger partial charge in [0.15, 0.2) is 5.82 Å². The van der Waals surface area contributed by atoms with Crippen LogP contribution >= 0.6 is 50.3 Å². The molecule has 3 atom stereocenters. The molecule has 5 rings (SSSR count). The molecule has 0 radical (unpaired) electrons. The van der Waals surface area contributed by atoms with Crippen molar-refractivity contribution in [2.24, 2.45) is 11.3 Å². The van der Waals surface area contributed by atoms with Gasteiger partial charge in [-0.2, -0.15) is 5.26 Å². The Labute approximate surface area is 219 Å². The van der Waals surface area contributed by atoms with Gasteiger partial charge in [0.25, 0.3) is 0 Å². The number of nitriles is 1. The van der Waals surface area contributed by atoms with Crippen LogP contribution in [0.4, 0.5) is 14.9 Å². The van der Waals surface area contributed by atoms with E-state index < -0.39 is 17.4 Å². The molecule has 33 heavy (non-hydrogen) atoms. The van der Waals surface area contributed by atoms with E-state index in [1.807, 2.05) is 12.3 Å². The summed E-state index contributed by atoms with van der Waals surface area (Å²) in [7, 11) is 0. The Morgan fingerprint density at radius 3 is 2.82 bits per heavy atom. The maximum absolute atomic E-state index is 15.4. The molecule has 3 fully saturated rings. The number of hydrogen-bond donors (Lipinski definition) is 2. The van der Waals surface area contributed by atoms with Gasteiger partial charge in [-0.25, -0.2) is 14.2 Å². The first-order chi connectivity index (χ1) is 15.5. The van der Waals surface area contributed by atoms with E-state index in [2.05, 4.69) is 75.7 Å². The summed E-state index contributed by atoms with van der Waals surface area (Å²) in [6, 6.07) is 3.94. The van der Waals surface area contributed by atoms with Crippen LogP contribution in [-0.4, -0.2) is 45.5 Å². The van der Waals surface area contributed by atoms with Crippen LogP contribution in [0.2, 0.25) is 0 Å². The molecule has 2 N–H and O–H groups in total. The first-order valence-electron chi connectivity index (χ1n) is 10.7. The van der Waals surface area contributed by atoms with Crippen molar-refractivity contribution in [3.63, 3.8) is 0 Å². The number of pyridine rings is 1. The number of thioether (sulfide) groups is 1. The van der Waals surface area contributed by atoms with Crippen LogP contribution in [0.15, 0.2) is 15.6 Å². The second-order valence-corrected chi connectivity index (χ2v) is 12.3. The lowest BCUT2D eigenvalue weighted by atomic mass is 9.56. The molecule has 3 aliphatic rings. The van der Waals surface area contributed by atoms with Crippen molar-refractivity contribution in [1.82, 2.24) is 9.88 Å². The Morgan fingerprint density at radius 1 is 1.55 bits per heavy atom. The van der Waals surface area contributed by atoms with Crippen LogP contribution in [-0.2, 0) is 6.42 Å². The van der Waals surface area contributed by atoms with Crippen LogP contribution in [0.1, 0.15) is 39.2 Å². The van der Waals surface area contributed by atoms with Crippen molar-refractivity contribution in [2.45, 2.75) is 56.6 Å². The number of amides is 1. The molecular formula is C23H25BrFIN4O2S. The molecule has 3 heterocycles. The van der Waals surface area contributed by atoms with E-state index in [0.29, 0.717) is 33.4 Å². The van der Waals surface area contributed by atoms with Gasteiger partial charge in [0.05, 0.1) is 31.4 Å². The fourth-order valence-corrected chi connectivity index (χ4v) is 7.72. The van der Waals surface area contributed by atoms with Crippen molar-refractivity contribution in [2.75, 3.05) is 18.1 Å². The van der Waals surface area contributed by atoms with Crippen LogP contribution in [0.25, 0.3) is 10.9 Å². The van der Waals surface area contributed by atoms with Gasteiger partial charge in [0, 0.05) is 24.3 Å². The van der Waals surface area contributed by atoms with E-state index >= 15 is 4.39 Å². The molecule has 1 aromatic carbocycles.